The van der Waals surface area contributed by atoms with Crippen LogP contribution in [0.15, 0.2) is 4.52 Å². The van der Waals surface area contributed by atoms with Gasteiger partial charge in [-0.25, -0.2) is 0 Å². The van der Waals surface area contributed by atoms with Crippen LogP contribution in [0.5, 0.6) is 0 Å². The molecule has 0 heterocycles. The summed E-state index contributed by atoms with van der Waals surface area (Å²) in [5.41, 5.74) is 11.8. The Labute approximate surface area is 169 Å². The third-order valence-electron chi connectivity index (χ3n) is 3.51. The molecule has 0 aromatic carbocycles. The van der Waals surface area contributed by atoms with Crippen LogP contribution < -0.4 is 15.9 Å². The standard InChI is InChI=1S/C16H43N4O4P3/c1-5-9-13-21-26(22-14-10-6-2)20-27(19-25(17)18,23-15-11-7-3)24-16-12-8-4/h20,25,27H,5-16H2,1-4H3,(H4,17,18,19). The first kappa shape index (κ1) is 27.8. The van der Waals surface area contributed by atoms with Crippen molar-refractivity contribution in [2.24, 2.45) is 15.5 Å². The summed E-state index contributed by atoms with van der Waals surface area (Å²) in [4.78, 5) is 3.35. The summed E-state index contributed by atoms with van der Waals surface area (Å²) >= 11 is 0. The van der Waals surface area contributed by atoms with Gasteiger partial charge in [-0.3, -0.25) is 0 Å². The van der Waals surface area contributed by atoms with Gasteiger partial charge < -0.3 is 0 Å². The van der Waals surface area contributed by atoms with Crippen LogP contribution >= 0.6 is 24.6 Å². The molecule has 8 nitrogen and oxygen atoms in total. The third kappa shape index (κ3) is 15.3. The molecule has 27 heavy (non-hydrogen) atoms. The first-order valence-electron chi connectivity index (χ1n) is 10.3. The molecule has 0 radical (unpaired) electrons. The van der Waals surface area contributed by atoms with Gasteiger partial charge in [0.15, 0.2) is 0 Å². The number of nitrogens with one attached hydrogen (secondary N) is 1. The zero-order valence-electron chi connectivity index (χ0n) is 17.7. The minimum absolute atomic E-state index is 0.549. The van der Waals surface area contributed by atoms with Crippen molar-refractivity contribution < 1.29 is 18.1 Å². The van der Waals surface area contributed by atoms with E-state index in [1.54, 1.807) is 0 Å². The van der Waals surface area contributed by atoms with Crippen LogP contribution in [0.4, 0.5) is 0 Å². The van der Waals surface area contributed by atoms with Crippen molar-refractivity contribution >= 4 is 24.6 Å². The molecule has 0 aliphatic rings. The molecule has 0 spiro atoms. The first-order valence-corrected chi connectivity index (χ1v) is 14.8. The first-order chi connectivity index (χ1) is 13.0. The molecule has 0 aromatic rings. The van der Waals surface area contributed by atoms with Crippen molar-refractivity contribution in [2.75, 3.05) is 26.4 Å². The quantitative estimate of drug-likeness (QED) is 0.173. The molecule has 166 valence electrons. The fourth-order valence-electron chi connectivity index (χ4n) is 1.88. The van der Waals surface area contributed by atoms with E-state index in [0.717, 1.165) is 51.4 Å². The predicted molar refractivity (Wildman–Crippen MR) is 121 cm³/mol. The maximum atomic E-state index is 6.13. The number of hydrogen-bond donors (Lipinski definition) is 3. The fraction of sp³-hybridized carbons (Fsp3) is 1.00. The Morgan fingerprint density at radius 1 is 0.778 bits per heavy atom. The van der Waals surface area contributed by atoms with Crippen molar-refractivity contribution in [3.05, 3.63) is 0 Å². The predicted octanol–water partition coefficient (Wildman–Crippen LogP) is 5.62. The Balaban J connectivity index is 5.25. The normalized spacial score (nSPS) is 12.9. The number of nitrogens with two attached hydrogens (primary N) is 2. The van der Waals surface area contributed by atoms with E-state index in [4.69, 9.17) is 29.1 Å². The van der Waals surface area contributed by atoms with Crippen LogP contribution in [0.1, 0.15) is 79.1 Å². The topological polar surface area (TPSA) is 113 Å². The van der Waals surface area contributed by atoms with Crippen LogP contribution in [0, 0.1) is 0 Å². The summed E-state index contributed by atoms with van der Waals surface area (Å²) in [5.74, 6) is 0. The van der Waals surface area contributed by atoms with Crippen LogP contribution in [0.25, 0.3) is 0 Å². The number of rotatable bonds is 19. The molecule has 0 aromatic heterocycles. The van der Waals surface area contributed by atoms with Crippen molar-refractivity contribution in [2.45, 2.75) is 79.1 Å². The molecule has 11 heteroatoms. The van der Waals surface area contributed by atoms with Crippen molar-refractivity contribution in [3.63, 3.8) is 0 Å². The summed E-state index contributed by atoms with van der Waals surface area (Å²) < 4.78 is 28.7. The Hall–Kier alpha value is 0.810. The molecule has 0 atom stereocenters. The van der Waals surface area contributed by atoms with E-state index in [-0.39, 0.29) is 0 Å². The van der Waals surface area contributed by atoms with Crippen molar-refractivity contribution in [3.8, 4) is 0 Å². The van der Waals surface area contributed by atoms with Gasteiger partial charge in [-0.2, -0.15) is 0 Å². The Morgan fingerprint density at radius 2 is 1.19 bits per heavy atom. The van der Waals surface area contributed by atoms with Gasteiger partial charge in [-0.05, 0) is 0 Å². The van der Waals surface area contributed by atoms with E-state index in [1.165, 1.54) is 0 Å². The van der Waals surface area contributed by atoms with Gasteiger partial charge in [0, 0.05) is 0 Å². The molecule has 0 saturated heterocycles. The van der Waals surface area contributed by atoms with Gasteiger partial charge in [0.2, 0.25) is 0 Å². The van der Waals surface area contributed by atoms with Crippen molar-refractivity contribution in [1.82, 2.24) is 4.86 Å². The molecule has 0 aliphatic heterocycles. The molecule has 0 aliphatic carbocycles. The molecule has 0 unspecified atom stereocenters. The average molecular weight is 448 g/mol. The van der Waals surface area contributed by atoms with Crippen molar-refractivity contribution in [1.29, 1.82) is 0 Å². The van der Waals surface area contributed by atoms with E-state index in [2.05, 4.69) is 37.1 Å². The Kier molecular flexibility index (Phi) is 19.4. The molecule has 0 amide bonds. The molecule has 0 bridgehead atoms. The van der Waals surface area contributed by atoms with Crippen LogP contribution in [0.2, 0.25) is 0 Å². The van der Waals surface area contributed by atoms with E-state index in [9.17, 15) is 0 Å². The monoisotopic (exact) mass is 448 g/mol. The summed E-state index contributed by atoms with van der Waals surface area (Å²) in [6, 6.07) is 0. The van der Waals surface area contributed by atoms with Gasteiger partial charge in [0.05, 0.1) is 0 Å². The molecular weight excluding hydrogens is 405 g/mol. The molecule has 0 rings (SSSR count). The van der Waals surface area contributed by atoms with Crippen LogP contribution in [-0.4, -0.2) is 26.4 Å². The van der Waals surface area contributed by atoms with E-state index >= 15 is 0 Å². The molecular formula is C16H43N4O4P3. The second-order valence-corrected chi connectivity index (χ2v) is 11.7. The number of unbranched alkanes of at least 4 members (excludes halogenated alkanes) is 4. The SMILES string of the molecule is CCCCOP(N[PH](N=[PH](N)N)(OCCCC)OCCCC)OCCCC. The van der Waals surface area contributed by atoms with E-state index < -0.39 is 24.6 Å². The zero-order valence-corrected chi connectivity index (χ0v) is 20.6. The summed E-state index contributed by atoms with van der Waals surface area (Å²) in [5, 5.41) is 0. The van der Waals surface area contributed by atoms with Gasteiger partial charge in [0.25, 0.3) is 0 Å². The maximum absolute atomic E-state index is 6.13. The third-order valence-corrected chi connectivity index (χ3v) is 9.61. The van der Waals surface area contributed by atoms with Gasteiger partial charge in [-0.15, -0.1) is 0 Å². The van der Waals surface area contributed by atoms with E-state index in [1.807, 2.05) is 0 Å². The van der Waals surface area contributed by atoms with Crippen LogP contribution in [0.3, 0.4) is 0 Å². The Bertz CT molecular complexity index is 358. The number of nitrogens with zero attached hydrogens (tertiary/aromatic N) is 1. The second-order valence-electron chi connectivity index (χ2n) is 6.27. The molecule has 0 fully saturated rings. The van der Waals surface area contributed by atoms with Gasteiger partial charge in [0.1, 0.15) is 0 Å². The zero-order chi connectivity index (χ0) is 20.4. The summed E-state index contributed by atoms with van der Waals surface area (Å²) in [6.45, 7) is 10.8. The average Bonchev–Trinajstić information content (AvgIpc) is 2.62. The van der Waals surface area contributed by atoms with E-state index in [0.29, 0.717) is 26.4 Å². The van der Waals surface area contributed by atoms with Gasteiger partial charge >= 0.3 is 169 Å². The summed E-state index contributed by atoms with van der Waals surface area (Å²) in [6.07, 6.45) is 7.96. The van der Waals surface area contributed by atoms with Crippen LogP contribution in [-0.2, 0) is 18.1 Å². The second kappa shape index (κ2) is 18.8. The summed E-state index contributed by atoms with van der Waals surface area (Å²) in [7, 11) is -6.42. The Morgan fingerprint density at radius 3 is 1.56 bits per heavy atom. The molecule has 0 saturated carbocycles. The fourth-order valence-corrected chi connectivity index (χ4v) is 7.95. The number of hydrogen-bond acceptors (Lipinski definition) is 6. The minimum atomic E-state index is -3.17. The molecule has 5 N–H and O–H groups in total. The van der Waals surface area contributed by atoms with Gasteiger partial charge in [-0.1, -0.05) is 0 Å².